The lowest BCUT2D eigenvalue weighted by molar-refractivity contribution is -0.0445. The van der Waals surface area contributed by atoms with Crippen molar-refractivity contribution in [1.29, 1.82) is 0 Å². The number of hydrogen-bond donors (Lipinski definition) is 1. The lowest BCUT2D eigenvalue weighted by Gasteiger charge is -2.47. The number of methoxy groups -OCH3 is 1. The molecule has 1 aromatic heterocycles. The maximum absolute atomic E-state index is 14.4. The summed E-state index contributed by atoms with van der Waals surface area (Å²) in [5.74, 6) is 0.147. The molecule has 0 amide bonds. The van der Waals surface area contributed by atoms with E-state index in [-0.39, 0.29) is 23.4 Å². The topological polar surface area (TPSA) is 69.7 Å². The molecule has 1 aromatic carbocycles. The van der Waals surface area contributed by atoms with E-state index in [1.165, 1.54) is 17.8 Å². The van der Waals surface area contributed by atoms with Crippen LogP contribution < -0.4 is 5.73 Å². The average molecular weight is 395 g/mol. The summed E-state index contributed by atoms with van der Waals surface area (Å²) in [7, 11) is 1.79. The smallest absolute Gasteiger partial charge is 0.283 e. The van der Waals surface area contributed by atoms with Crippen LogP contribution in [0.4, 0.5) is 4.39 Å². The van der Waals surface area contributed by atoms with Gasteiger partial charge in [-0.15, -0.1) is 0 Å². The van der Waals surface area contributed by atoms with E-state index in [1.54, 1.807) is 13.3 Å². The highest BCUT2D eigenvalue weighted by atomic mass is 19.1. The van der Waals surface area contributed by atoms with Gasteiger partial charge in [0.05, 0.1) is 6.10 Å². The monoisotopic (exact) mass is 395 g/mol. The van der Waals surface area contributed by atoms with Crippen molar-refractivity contribution in [3.05, 3.63) is 53.6 Å². The van der Waals surface area contributed by atoms with E-state index in [4.69, 9.17) is 20.2 Å². The molecule has 0 radical (unpaired) electrons. The molecular weight excluding hydrogens is 369 g/mol. The first-order chi connectivity index (χ1) is 14.0. The van der Waals surface area contributed by atoms with Gasteiger partial charge in [-0.3, -0.25) is 4.98 Å². The molecule has 0 saturated heterocycles. The van der Waals surface area contributed by atoms with E-state index in [2.05, 4.69) is 24.0 Å². The minimum absolute atomic E-state index is 0.0585. The molecule has 152 valence electrons. The van der Waals surface area contributed by atoms with Crippen LogP contribution in [0.2, 0.25) is 0 Å². The van der Waals surface area contributed by atoms with Crippen LogP contribution in [-0.4, -0.2) is 30.8 Å². The van der Waals surface area contributed by atoms with Crippen LogP contribution in [-0.2, 0) is 21.4 Å². The Balaban J connectivity index is 1.63. The average Bonchev–Trinajstić information content (AvgIpc) is 3.22. The summed E-state index contributed by atoms with van der Waals surface area (Å²) in [6.45, 7) is 2.69. The maximum atomic E-state index is 14.4. The van der Waals surface area contributed by atoms with E-state index in [0.29, 0.717) is 18.1 Å². The van der Waals surface area contributed by atoms with Crippen LogP contribution in [0.5, 0.6) is 0 Å². The first-order valence-electron chi connectivity index (χ1n) is 10.2. The molecule has 1 saturated carbocycles. The number of ether oxygens (including phenoxy) is 2. The quantitative estimate of drug-likeness (QED) is 0.840. The maximum Gasteiger partial charge on any atom is 0.283 e. The fourth-order valence-electron chi connectivity index (χ4n) is 5.95. The zero-order chi connectivity index (χ0) is 20.2. The predicted molar refractivity (Wildman–Crippen MR) is 109 cm³/mol. The Bertz CT molecular complexity index is 994. The van der Waals surface area contributed by atoms with Crippen molar-refractivity contribution >= 4 is 6.02 Å². The molecule has 0 unspecified atom stereocenters. The number of amidine groups is 1. The van der Waals surface area contributed by atoms with Crippen molar-refractivity contribution in [3.8, 4) is 11.1 Å². The number of hydrogen-bond acceptors (Lipinski definition) is 5. The van der Waals surface area contributed by atoms with Crippen molar-refractivity contribution in [2.75, 3.05) is 13.7 Å². The zero-order valence-corrected chi connectivity index (χ0v) is 16.8. The molecular formula is C23H26FN3O2. The minimum Gasteiger partial charge on any atom is -0.462 e. The van der Waals surface area contributed by atoms with Crippen LogP contribution in [0.25, 0.3) is 11.1 Å². The fourth-order valence-corrected chi connectivity index (χ4v) is 5.95. The highest BCUT2D eigenvalue weighted by Gasteiger charge is 2.62. The number of benzene rings is 1. The molecule has 2 spiro atoms. The van der Waals surface area contributed by atoms with Crippen molar-refractivity contribution in [2.24, 2.45) is 22.1 Å². The molecule has 2 aromatic rings. The number of halogens is 1. The second-order valence-electron chi connectivity index (χ2n) is 8.78. The van der Waals surface area contributed by atoms with Gasteiger partial charge in [0.2, 0.25) is 0 Å². The van der Waals surface area contributed by atoms with E-state index >= 15 is 0 Å². The summed E-state index contributed by atoms with van der Waals surface area (Å²) in [6, 6.07) is 7.81. The predicted octanol–water partition coefficient (Wildman–Crippen LogP) is 3.81. The molecule has 1 aliphatic heterocycles. The van der Waals surface area contributed by atoms with Gasteiger partial charge in [0.1, 0.15) is 18.0 Å². The number of pyridine rings is 1. The van der Waals surface area contributed by atoms with Crippen LogP contribution >= 0.6 is 0 Å². The standard InChI is InChI=1S/C23H26FN3O2/c1-14-10-22(7-5-20(14)28-2)11-16-4-3-15(17-12-26-8-6-19(17)24)9-18(16)23(22)13-29-21(25)27-23/h3-4,6,8-9,12,14,20H,5,7,10-11,13H2,1-2H3,(H2,25,27)/t14-,20-,22-,23+/m1/s1. The first kappa shape index (κ1) is 18.6. The van der Waals surface area contributed by atoms with Gasteiger partial charge in [-0.05, 0) is 60.4 Å². The van der Waals surface area contributed by atoms with Crippen molar-refractivity contribution in [3.63, 3.8) is 0 Å². The molecule has 6 heteroatoms. The van der Waals surface area contributed by atoms with Crippen LogP contribution in [0.3, 0.4) is 0 Å². The van der Waals surface area contributed by atoms with Gasteiger partial charge in [0.25, 0.3) is 6.02 Å². The van der Waals surface area contributed by atoms with E-state index < -0.39 is 5.54 Å². The van der Waals surface area contributed by atoms with Gasteiger partial charge in [0.15, 0.2) is 0 Å². The summed E-state index contributed by atoms with van der Waals surface area (Å²) < 4.78 is 25.9. The fraction of sp³-hybridized carbons (Fsp3) is 0.478. The summed E-state index contributed by atoms with van der Waals surface area (Å²) in [6.07, 6.45) is 7.23. The molecule has 5 nitrogen and oxygen atoms in total. The first-order valence-corrected chi connectivity index (χ1v) is 10.2. The summed E-state index contributed by atoms with van der Waals surface area (Å²) >= 11 is 0. The molecule has 2 heterocycles. The van der Waals surface area contributed by atoms with Crippen LogP contribution in [0.1, 0.15) is 37.3 Å². The number of aromatic nitrogens is 1. The third kappa shape index (κ3) is 2.61. The Morgan fingerprint density at radius 2 is 2.17 bits per heavy atom. The van der Waals surface area contributed by atoms with Gasteiger partial charge >= 0.3 is 0 Å². The second kappa shape index (κ2) is 6.52. The lowest BCUT2D eigenvalue weighted by atomic mass is 9.59. The summed E-state index contributed by atoms with van der Waals surface area (Å²) in [5, 5.41) is 0. The van der Waals surface area contributed by atoms with Crippen molar-refractivity contribution < 1.29 is 13.9 Å². The van der Waals surface area contributed by atoms with Crippen LogP contribution in [0.15, 0.2) is 41.7 Å². The molecule has 5 rings (SSSR count). The van der Waals surface area contributed by atoms with E-state index in [9.17, 15) is 4.39 Å². The number of nitrogens with zero attached hydrogens (tertiary/aromatic N) is 2. The molecule has 2 aliphatic carbocycles. The molecule has 3 aliphatic rings. The highest BCUT2D eigenvalue weighted by molar-refractivity contribution is 5.76. The SMILES string of the molecule is CO[C@@H]1CC[C@]2(Cc3ccc(-c4cnccc4F)cc3[C@@]23COC(N)=N3)C[C@H]1C. The van der Waals surface area contributed by atoms with Gasteiger partial charge in [-0.2, -0.15) is 0 Å². The number of aliphatic imine (C=N–C) groups is 1. The second-order valence-corrected chi connectivity index (χ2v) is 8.78. The molecule has 1 fully saturated rings. The number of rotatable bonds is 2. The summed E-state index contributed by atoms with van der Waals surface area (Å²) in [5.41, 5.74) is 9.13. The molecule has 4 atom stereocenters. The Morgan fingerprint density at radius 3 is 2.86 bits per heavy atom. The van der Waals surface area contributed by atoms with Gasteiger partial charge in [0, 0.05) is 30.5 Å². The van der Waals surface area contributed by atoms with E-state index in [1.807, 2.05) is 6.07 Å². The van der Waals surface area contributed by atoms with Gasteiger partial charge in [-0.1, -0.05) is 19.1 Å². The largest absolute Gasteiger partial charge is 0.462 e. The highest BCUT2D eigenvalue weighted by Crippen LogP contribution is 2.62. The van der Waals surface area contributed by atoms with Crippen LogP contribution in [0, 0.1) is 17.2 Å². The van der Waals surface area contributed by atoms with Crippen molar-refractivity contribution in [2.45, 2.75) is 44.2 Å². The minimum atomic E-state index is -0.520. The molecule has 0 bridgehead atoms. The van der Waals surface area contributed by atoms with Gasteiger partial charge in [-0.25, -0.2) is 9.38 Å². The third-order valence-corrected chi connectivity index (χ3v) is 7.33. The Hall–Kier alpha value is -2.47. The molecule has 29 heavy (non-hydrogen) atoms. The van der Waals surface area contributed by atoms with Crippen molar-refractivity contribution in [1.82, 2.24) is 4.98 Å². The third-order valence-electron chi connectivity index (χ3n) is 7.33. The summed E-state index contributed by atoms with van der Waals surface area (Å²) in [4.78, 5) is 9.00. The lowest BCUT2D eigenvalue weighted by Crippen LogP contribution is -2.48. The normalized spacial score (nSPS) is 33.0. The number of nitrogens with two attached hydrogens (primary N) is 1. The van der Waals surface area contributed by atoms with E-state index in [0.717, 1.165) is 36.8 Å². The van der Waals surface area contributed by atoms with Gasteiger partial charge < -0.3 is 15.2 Å². The zero-order valence-electron chi connectivity index (χ0n) is 16.8. The number of fused-ring (bicyclic) bond motifs is 3. The molecule has 2 N–H and O–H groups in total. The Morgan fingerprint density at radius 1 is 1.31 bits per heavy atom. The Labute approximate surface area is 170 Å². The Kier molecular flexibility index (Phi) is 4.17.